The van der Waals surface area contributed by atoms with Gasteiger partial charge in [0, 0.05) is 35.5 Å². The van der Waals surface area contributed by atoms with Crippen LogP contribution >= 0.6 is 0 Å². The number of piperidine rings is 1. The van der Waals surface area contributed by atoms with Crippen LogP contribution in [0.15, 0.2) is 36.9 Å². The van der Waals surface area contributed by atoms with Gasteiger partial charge < -0.3 is 14.9 Å². The standard InChI is InChI=1S/C20H23NO3/c1-3-11(2)21-9-8-20-13-5-7-16(23)19(20)24-18-15(22)6-4-12(17(18)20)10-14(13)21/h3-7,11,13-14,16,19,22-23H,1,8-10H2,2H3/t11-,13-,14+,16-,19-,20-/m0/s1. The van der Waals surface area contributed by atoms with Gasteiger partial charge in [-0.2, -0.15) is 0 Å². The Hall–Kier alpha value is -1.78. The van der Waals surface area contributed by atoms with Gasteiger partial charge in [-0.1, -0.05) is 24.3 Å². The van der Waals surface area contributed by atoms with Gasteiger partial charge in [-0.15, -0.1) is 6.58 Å². The van der Waals surface area contributed by atoms with E-state index in [4.69, 9.17) is 4.74 Å². The molecule has 0 radical (unpaired) electrons. The van der Waals surface area contributed by atoms with Crippen LogP contribution in [0.25, 0.3) is 0 Å². The molecule has 4 nitrogen and oxygen atoms in total. The van der Waals surface area contributed by atoms with Crippen LogP contribution in [-0.4, -0.2) is 45.9 Å². The van der Waals surface area contributed by atoms with Crippen LogP contribution in [0.5, 0.6) is 11.5 Å². The molecule has 0 amide bonds. The summed E-state index contributed by atoms with van der Waals surface area (Å²) in [6, 6.07) is 4.48. The van der Waals surface area contributed by atoms with E-state index in [1.54, 1.807) is 6.07 Å². The Morgan fingerprint density at radius 2 is 2.25 bits per heavy atom. The Bertz CT molecular complexity index is 757. The van der Waals surface area contributed by atoms with Crippen molar-refractivity contribution in [2.75, 3.05) is 6.54 Å². The summed E-state index contributed by atoms with van der Waals surface area (Å²) in [5.41, 5.74) is 2.20. The second kappa shape index (κ2) is 4.64. The minimum Gasteiger partial charge on any atom is -0.504 e. The fourth-order valence-corrected chi connectivity index (χ4v) is 5.73. The summed E-state index contributed by atoms with van der Waals surface area (Å²) in [6.45, 7) is 7.14. The molecule has 2 bridgehead atoms. The van der Waals surface area contributed by atoms with Gasteiger partial charge in [-0.25, -0.2) is 0 Å². The molecular formula is C20H23NO3. The molecule has 5 rings (SSSR count). The fraction of sp³-hybridized carbons (Fsp3) is 0.500. The molecule has 2 aliphatic carbocycles. The Labute approximate surface area is 142 Å². The summed E-state index contributed by atoms with van der Waals surface area (Å²) < 4.78 is 6.15. The number of benzene rings is 1. The number of hydrogen-bond donors (Lipinski definition) is 2. The van der Waals surface area contributed by atoms with Crippen LogP contribution in [0.2, 0.25) is 0 Å². The lowest BCUT2D eigenvalue weighted by atomic mass is 9.53. The second-order valence-corrected chi connectivity index (χ2v) is 7.66. The van der Waals surface area contributed by atoms with Gasteiger partial charge in [0.1, 0.15) is 12.2 Å². The van der Waals surface area contributed by atoms with Gasteiger partial charge in [0.05, 0.1) is 0 Å². The maximum Gasteiger partial charge on any atom is 0.165 e. The van der Waals surface area contributed by atoms with E-state index >= 15 is 0 Å². The van der Waals surface area contributed by atoms with Gasteiger partial charge in [0.15, 0.2) is 11.5 Å². The smallest absolute Gasteiger partial charge is 0.165 e. The highest BCUT2D eigenvalue weighted by atomic mass is 16.5. The van der Waals surface area contributed by atoms with Crippen LogP contribution < -0.4 is 4.74 Å². The van der Waals surface area contributed by atoms with E-state index in [-0.39, 0.29) is 17.3 Å². The maximum atomic E-state index is 10.6. The number of aliphatic hydroxyl groups excluding tert-OH is 1. The summed E-state index contributed by atoms with van der Waals surface area (Å²) in [7, 11) is 0. The molecule has 1 spiro atoms. The minimum atomic E-state index is -0.622. The van der Waals surface area contributed by atoms with Gasteiger partial charge in [-0.05, 0) is 31.4 Å². The molecular weight excluding hydrogens is 302 g/mol. The average molecular weight is 325 g/mol. The second-order valence-electron chi connectivity index (χ2n) is 7.66. The summed E-state index contributed by atoms with van der Waals surface area (Å²) in [4.78, 5) is 2.54. The van der Waals surface area contributed by atoms with E-state index < -0.39 is 6.10 Å². The molecule has 0 saturated carbocycles. The van der Waals surface area contributed by atoms with Gasteiger partial charge >= 0.3 is 0 Å². The monoisotopic (exact) mass is 325 g/mol. The molecule has 1 saturated heterocycles. The molecule has 1 fully saturated rings. The lowest BCUT2D eigenvalue weighted by Crippen LogP contribution is -2.66. The van der Waals surface area contributed by atoms with Crippen molar-refractivity contribution in [2.45, 2.75) is 49.5 Å². The third kappa shape index (κ3) is 1.51. The average Bonchev–Trinajstić information content (AvgIpc) is 2.93. The molecule has 4 aliphatic rings. The van der Waals surface area contributed by atoms with E-state index in [0.717, 1.165) is 24.9 Å². The molecule has 1 aromatic carbocycles. The van der Waals surface area contributed by atoms with Crippen molar-refractivity contribution < 1.29 is 14.9 Å². The lowest BCUT2D eigenvalue weighted by molar-refractivity contribution is -0.0565. The van der Waals surface area contributed by atoms with Gasteiger partial charge in [0.25, 0.3) is 0 Å². The first-order chi connectivity index (χ1) is 11.6. The Kier molecular flexibility index (Phi) is 2.82. The number of phenols is 1. The largest absolute Gasteiger partial charge is 0.504 e. The molecule has 2 heterocycles. The number of rotatable bonds is 2. The normalized spacial score (nSPS) is 39.9. The molecule has 126 valence electrons. The van der Waals surface area contributed by atoms with Crippen LogP contribution in [0.4, 0.5) is 0 Å². The summed E-state index contributed by atoms with van der Waals surface area (Å²) in [6.07, 6.45) is 7.06. The van der Waals surface area contributed by atoms with Crippen molar-refractivity contribution in [1.29, 1.82) is 0 Å². The summed E-state index contributed by atoms with van der Waals surface area (Å²) >= 11 is 0. The zero-order chi connectivity index (χ0) is 16.6. The van der Waals surface area contributed by atoms with E-state index in [9.17, 15) is 10.2 Å². The molecule has 2 N–H and O–H groups in total. The predicted molar refractivity (Wildman–Crippen MR) is 91.3 cm³/mol. The third-order valence-electron chi connectivity index (χ3n) is 6.78. The van der Waals surface area contributed by atoms with Crippen molar-refractivity contribution in [2.24, 2.45) is 5.92 Å². The Morgan fingerprint density at radius 1 is 1.42 bits per heavy atom. The fourth-order valence-electron chi connectivity index (χ4n) is 5.73. The molecule has 1 aromatic rings. The molecule has 24 heavy (non-hydrogen) atoms. The summed E-state index contributed by atoms with van der Waals surface area (Å²) in [5.74, 6) is 1.11. The quantitative estimate of drug-likeness (QED) is 0.818. The molecule has 4 heteroatoms. The third-order valence-corrected chi connectivity index (χ3v) is 6.78. The van der Waals surface area contributed by atoms with Crippen LogP contribution in [0.3, 0.4) is 0 Å². The number of likely N-dealkylation sites (tertiary alicyclic amines) is 1. The van der Waals surface area contributed by atoms with E-state index in [0.29, 0.717) is 23.8 Å². The molecule has 0 aromatic heterocycles. The van der Waals surface area contributed by atoms with E-state index in [1.807, 2.05) is 18.2 Å². The van der Waals surface area contributed by atoms with Crippen LogP contribution in [-0.2, 0) is 11.8 Å². The first-order valence-electron chi connectivity index (χ1n) is 8.84. The van der Waals surface area contributed by atoms with Crippen molar-refractivity contribution in [1.82, 2.24) is 4.90 Å². The lowest BCUT2D eigenvalue weighted by Gasteiger charge is -2.58. The number of phenolic OH excluding ortho intramolecular Hbond substituents is 1. The molecule has 2 aliphatic heterocycles. The number of aromatic hydroxyl groups is 1. The SMILES string of the molecule is C=C[C@H](C)N1CC[C@]23c4c5ccc(O)c4O[C@H]2[C@@H](O)C=C[C@H]3[C@H]1C5. The summed E-state index contributed by atoms with van der Waals surface area (Å²) in [5, 5.41) is 20.9. The number of ether oxygens (including phenoxy) is 1. The molecule has 6 atom stereocenters. The zero-order valence-electron chi connectivity index (χ0n) is 13.9. The first kappa shape index (κ1) is 14.6. The Balaban J connectivity index is 1.75. The maximum absolute atomic E-state index is 10.6. The van der Waals surface area contributed by atoms with E-state index in [2.05, 4.69) is 24.5 Å². The number of aliphatic hydroxyl groups is 1. The van der Waals surface area contributed by atoms with E-state index in [1.165, 1.54) is 5.56 Å². The first-order valence-corrected chi connectivity index (χ1v) is 8.84. The predicted octanol–water partition coefficient (Wildman–Crippen LogP) is 2.14. The zero-order valence-corrected chi connectivity index (χ0v) is 13.9. The topological polar surface area (TPSA) is 52.9 Å². The minimum absolute atomic E-state index is 0.198. The highest BCUT2D eigenvalue weighted by molar-refractivity contribution is 5.61. The highest BCUT2D eigenvalue weighted by Gasteiger charge is 2.64. The van der Waals surface area contributed by atoms with Crippen LogP contribution in [0.1, 0.15) is 24.5 Å². The van der Waals surface area contributed by atoms with Crippen LogP contribution in [0, 0.1) is 5.92 Å². The van der Waals surface area contributed by atoms with Crippen molar-refractivity contribution in [3.05, 3.63) is 48.1 Å². The number of nitrogens with zero attached hydrogens (tertiary/aromatic N) is 1. The Morgan fingerprint density at radius 3 is 3.04 bits per heavy atom. The van der Waals surface area contributed by atoms with Gasteiger partial charge in [-0.3, -0.25) is 4.90 Å². The van der Waals surface area contributed by atoms with Crippen molar-refractivity contribution in [3.8, 4) is 11.5 Å². The highest BCUT2D eigenvalue weighted by Crippen LogP contribution is 2.62. The number of hydrogen-bond acceptors (Lipinski definition) is 4. The van der Waals surface area contributed by atoms with Crippen molar-refractivity contribution in [3.63, 3.8) is 0 Å². The van der Waals surface area contributed by atoms with Gasteiger partial charge in [0.2, 0.25) is 0 Å². The van der Waals surface area contributed by atoms with Crippen molar-refractivity contribution >= 4 is 0 Å². The molecule has 0 unspecified atom stereocenters.